The summed E-state index contributed by atoms with van der Waals surface area (Å²) in [5.41, 5.74) is 5.36. The summed E-state index contributed by atoms with van der Waals surface area (Å²) < 4.78 is 5.93. The van der Waals surface area contributed by atoms with E-state index < -0.39 is 0 Å². The van der Waals surface area contributed by atoms with Gasteiger partial charge in [-0.3, -0.25) is 9.89 Å². The van der Waals surface area contributed by atoms with Crippen molar-refractivity contribution in [2.24, 2.45) is 0 Å². The Kier molecular flexibility index (Phi) is 8.66. The fraction of sp³-hybridized carbons (Fsp3) is 0.467. The summed E-state index contributed by atoms with van der Waals surface area (Å²) in [6.07, 6.45) is 6.25. The van der Waals surface area contributed by atoms with Crippen LogP contribution in [0.5, 0.6) is 0 Å². The van der Waals surface area contributed by atoms with Crippen LogP contribution in [0.25, 0.3) is 11.1 Å². The zero-order valence-electron chi connectivity index (χ0n) is 21.9. The summed E-state index contributed by atoms with van der Waals surface area (Å²) in [5.74, 6) is 0.429. The van der Waals surface area contributed by atoms with Crippen molar-refractivity contribution in [3.8, 4) is 11.1 Å². The quantitative estimate of drug-likeness (QED) is 0.428. The van der Waals surface area contributed by atoms with Gasteiger partial charge in [0.05, 0.1) is 19.4 Å². The van der Waals surface area contributed by atoms with E-state index in [4.69, 9.17) is 4.74 Å². The molecule has 2 saturated heterocycles. The maximum absolute atomic E-state index is 12.8. The SMILES string of the molecule is CN1CCC(NC(=O)c2ccc(-c3cn[nH]c3C3CCCN(CCOCc4ccccc4)C3)cc2)CC1. The predicted octanol–water partition coefficient (Wildman–Crippen LogP) is 4.30. The van der Waals surface area contributed by atoms with Gasteiger partial charge in [0.2, 0.25) is 0 Å². The van der Waals surface area contributed by atoms with Gasteiger partial charge in [-0.05, 0) is 75.6 Å². The third kappa shape index (κ3) is 6.86. The zero-order valence-corrected chi connectivity index (χ0v) is 21.9. The molecule has 2 fully saturated rings. The number of benzene rings is 2. The van der Waals surface area contributed by atoms with Crippen LogP contribution in [0.3, 0.4) is 0 Å². The minimum absolute atomic E-state index is 0.0194. The summed E-state index contributed by atoms with van der Waals surface area (Å²) in [6, 6.07) is 18.6. The van der Waals surface area contributed by atoms with Crippen molar-refractivity contribution in [1.29, 1.82) is 0 Å². The van der Waals surface area contributed by atoms with Gasteiger partial charge in [0.25, 0.3) is 5.91 Å². The first-order chi connectivity index (χ1) is 18.2. The first kappa shape index (κ1) is 25.6. The van der Waals surface area contributed by atoms with Gasteiger partial charge in [-0.15, -0.1) is 0 Å². The second-order valence-corrected chi connectivity index (χ2v) is 10.5. The number of piperidine rings is 2. The van der Waals surface area contributed by atoms with Gasteiger partial charge < -0.3 is 19.9 Å². The van der Waals surface area contributed by atoms with E-state index in [1.807, 2.05) is 24.4 Å². The third-order valence-corrected chi connectivity index (χ3v) is 7.76. The van der Waals surface area contributed by atoms with E-state index in [0.717, 1.165) is 76.1 Å². The van der Waals surface area contributed by atoms with Gasteiger partial charge in [-0.1, -0.05) is 42.5 Å². The molecule has 1 aromatic heterocycles. The molecular weight excluding hydrogens is 462 g/mol. The van der Waals surface area contributed by atoms with Crippen molar-refractivity contribution >= 4 is 5.91 Å². The third-order valence-electron chi connectivity index (χ3n) is 7.76. The number of ether oxygens (including phenoxy) is 1. The topological polar surface area (TPSA) is 73.5 Å². The van der Waals surface area contributed by atoms with Gasteiger partial charge in [0, 0.05) is 41.9 Å². The molecule has 2 aliphatic heterocycles. The second kappa shape index (κ2) is 12.5. The van der Waals surface area contributed by atoms with E-state index >= 15 is 0 Å². The monoisotopic (exact) mass is 501 g/mol. The molecule has 2 aliphatic rings. The molecule has 2 N–H and O–H groups in total. The number of carbonyl (C=O) groups is 1. The Morgan fingerprint density at radius 2 is 1.84 bits per heavy atom. The van der Waals surface area contributed by atoms with Crippen LogP contribution in [0.15, 0.2) is 60.8 Å². The summed E-state index contributed by atoms with van der Waals surface area (Å²) in [4.78, 5) is 17.6. The number of aromatic nitrogens is 2. The first-order valence-electron chi connectivity index (χ1n) is 13.6. The van der Waals surface area contributed by atoms with Crippen molar-refractivity contribution in [2.75, 3.05) is 46.4 Å². The van der Waals surface area contributed by atoms with Crippen molar-refractivity contribution in [3.05, 3.63) is 77.6 Å². The minimum Gasteiger partial charge on any atom is -0.375 e. The smallest absolute Gasteiger partial charge is 0.251 e. The average molecular weight is 502 g/mol. The number of likely N-dealkylation sites (tertiary alicyclic amines) is 2. The van der Waals surface area contributed by atoms with E-state index in [0.29, 0.717) is 18.1 Å². The number of aromatic amines is 1. The number of amides is 1. The number of carbonyl (C=O) groups excluding carboxylic acids is 1. The van der Waals surface area contributed by atoms with Crippen LogP contribution < -0.4 is 5.32 Å². The maximum atomic E-state index is 12.8. The molecule has 196 valence electrons. The molecule has 0 saturated carbocycles. The molecule has 1 unspecified atom stereocenters. The first-order valence-corrected chi connectivity index (χ1v) is 13.6. The van der Waals surface area contributed by atoms with E-state index in [-0.39, 0.29) is 11.9 Å². The number of hydrogen-bond donors (Lipinski definition) is 2. The summed E-state index contributed by atoms with van der Waals surface area (Å²) in [7, 11) is 2.13. The van der Waals surface area contributed by atoms with Gasteiger partial charge in [-0.25, -0.2) is 0 Å². The van der Waals surface area contributed by atoms with Gasteiger partial charge in [-0.2, -0.15) is 5.10 Å². The molecule has 2 aromatic carbocycles. The van der Waals surface area contributed by atoms with Crippen LogP contribution in [0.2, 0.25) is 0 Å². The molecule has 0 bridgehead atoms. The zero-order chi connectivity index (χ0) is 25.5. The van der Waals surface area contributed by atoms with E-state index in [2.05, 4.69) is 68.8 Å². The maximum Gasteiger partial charge on any atom is 0.251 e. The van der Waals surface area contributed by atoms with Crippen LogP contribution in [-0.4, -0.2) is 78.3 Å². The van der Waals surface area contributed by atoms with Crippen molar-refractivity contribution in [3.63, 3.8) is 0 Å². The van der Waals surface area contributed by atoms with Crippen LogP contribution in [0, 0.1) is 0 Å². The van der Waals surface area contributed by atoms with E-state index in [9.17, 15) is 4.79 Å². The Balaban J connectivity index is 1.15. The number of nitrogens with zero attached hydrogens (tertiary/aromatic N) is 3. The molecule has 0 aliphatic carbocycles. The lowest BCUT2D eigenvalue weighted by atomic mass is 9.90. The highest BCUT2D eigenvalue weighted by Gasteiger charge is 2.25. The molecule has 5 rings (SSSR count). The molecule has 7 heteroatoms. The fourth-order valence-electron chi connectivity index (χ4n) is 5.51. The van der Waals surface area contributed by atoms with Crippen LogP contribution in [0.1, 0.15) is 53.2 Å². The Morgan fingerprint density at radius 1 is 1.05 bits per heavy atom. The summed E-state index contributed by atoms with van der Waals surface area (Å²) in [5, 5.41) is 10.9. The van der Waals surface area contributed by atoms with Crippen molar-refractivity contribution in [1.82, 2.24) is 25.3 Å². The molecule has 7 nitrogen and oxygen atoms in total. The van der Waals surface area contributed by atoms with Crippen LogP contribution in [-0.2, 0) is 11.3 Å². The second-order valence-electron chi connectivity index (χ2n) is 10.5. The predicted molar refractivity (Wildman–Crippen MR) is 147 cm³/mol. The molecule has 3 aromatic rings. The molecule has 37 heavy (non-hydrogen) atoms. The Labute approximate surface area is 220 Å². The van der Waals surface area contributed by atoms with E-state index in [1.165, 1.54) is 11.3 Å². The van der Waals surface area contributed by atoms with Gasteiger partial charge in [0.1, 0.15) is 0 Å². The molecule has 1 amide bonds. The van der Waals surface area contributed by atoms with Crippen LogP contribution >= 0.6 is 0 Å². The van der Waals surface area contributed by atoms with Crippen molar-refractivity contribution in [2.45, 2.75) is 44.2 Å². The lowest BCUT2D eigenvalue weighted by Crippen LogP contribution is -2.43. The molecule has 0 radical (unpaired) electrons. The summed E-state index contributed by atoms with van der Waals surface area (Å²) >= 11 is 0. The number of nitrogens with one attached hydrogen (secondary N) is 2. The normalized spacial score (nSPS) is 19.6. The molecular formula is C30H39N5O2. The lowest BCUT2D eigenvalue weighted by Gasteiger charge is -2.32. The molecule has 0 spiro atoms. The standard InChI is InChI=1S/C30H39N5O2/c1-34-16-13-27(14-17-34)32-30(36)25-11-9-24(10-12-25)28-20-31-33-29(28)26-8-5-15-35(21-26)18-19-37-22-23-6-3-2-4-7-23/h2-4,6-7,9-12,20,26-27H,5,8,13-19,21-22H2,1H3,(H,31,33)(H,32,36). The Bertz CT molecular complexity index is 1120. The van der Waals surface area contributed by atoms with Crippen molar-refractivity contribution < 1.29 is 9.53 Å². The Morgan fingerprint density at radius 3 is 2.62 bits per heavy atom. The summed E-state index contributed by atoms with van der Waals surface area (Å²) in [6.45, 7) is 6.51. The van der Waals surface area contributed by atoms with E-state index in [1.54, 1.807) is 0 Å². The Hall–Kier alpha value is -3.00. The highest BCUT2D eigenvalue weighted by molar-refractivity contribution is 5.94. The number of H-pyrrole nitrogens is 1. The minimum atomic E-state index is 0.0194. The average Bonchev–Trinajstić information content (AvgIpc) is 3.43. The van der Waals surface area contributed by atoms with Gasteiger partial charge >= 0.3 is 0 Å². The number of hydrogen-bond acceptors (Lipinski definition) is 5. The highest BCUT2D eigenvalue weighted by atomic mass is 16.5. The van der Waals surface area contributed by atoms with Gasteiger partial charge in [0.15, 0.2) is 0 Å². The number of rotatable bonds is 9. The highest BCUT2D eigenvalue weighted by Crippen LogP contribution is 2.33. The fourth-order valence-corrected chi connectivity index (χ4v) is 5.51. The van der Waals surface area contributed by atoms with Crippen LogP contribution in [0.4, 0.5) is 0 Å². The lowest BCUT2D eigenvalue weighted by molar-refractivity contribution is 0.0827. The largest absolute Gasteiger partial charge is 0.375 e. The molecule has 3 heterocycles. The molecule has 1 atom stereocenters.